The minimum Gasteiger partial charge on any atom is -0.454 e. The summed E-state index contributed by atoms with van der Waals surface area (Å²) >= 11 is 0. The molecule has 2 bridgehead atoms. The van der Waals surface area contributed by atoms with Crippen LogP contribution in [0.5, 0.6) is 11.5 Å². The van der Waals surface area contributed by atoms with Crippen LogP contribution in [0.25, 0.3) is 0 Å². The third-order valence-corrected chi connectivity index (χ3v) is 5.71. The van der Waals surface area contributed by atoms with Crippen molar-refractivity contribution in [1.29, 1.82) is 0 Å². The van der Waals surface area contributed by atoms with Gasteiger partial charge in [-0.1, -0.05) is 12.2 Å². The van der Waals surface area contributed by atoms with Crippen LogP contribution in [0.15, 0.2) is 30.4 Å². The molecule has 2 fully saturated rings. The number of aliphatic hydroxyl groups is 1. The molecule has 1 aromatic carbocycles. The predicted molar refractivity (Wildman–Crippen MR) is 93.4 cm³/mol. The molecule has 0 unspecified atom stereocenters. The van der Waals surface area contributed by atoms with Crippen LogP contribution >= 0.6 is 0 Å². The smallest absolute Gasteiger partial charge is 0.234 e. The summed E-state index contributed by atoms with van der Waals surface area (Å²) < 4.78 is 16.8. The highest BCUT2D eigenvalue weighted by Gasteiger charge is 2.67. The van der Waals surface area contributed by atoms with Gasteiger partial charge in [0.25, 0.3) is 0 Å². The highest BCUT2D eigenvalue weighted by molar-refractivity contribution is 6.03. The van der Waals surface area contributed by atoms with E-state index in [-0.39, 0.29) is 31.3 Å². The summed E-state index contributed by atoms with van der Waals surface area (Å²) in [5, 5.41) is 11.7. The van der Waals surface area contributed by atoms with Gasteiger partial charge in [0.2, 0.25) is 18.6 Å². The third-order valence-electron chi connectivity index (χ3n) is 5.71. The zero-order chi connectivity index (χ0) is 18.6. The summed E-state index contributed by atoms with van der Waals surface area (Å²) in [6.45, 7) is 0.920. The van der Waals surface area contributed by atoms with Gasteiger partial charge >= 0.3 is 0 Å². The molecule has 2 N–H and O–H groups in total. The number of carbonyl (C=O) groups excluding carboxylic acids is 2. The Balaban J connectivity index is 1.42. The first-order valence-corrected chi connectivity index (χ1v) is 9.10. The van der Waals surface area contributed by atoms with Crippen molar-refractivity contribution in [2.45, 2.75) is 18.1 Å². The number of anilines is 1. The van der Waals surface area contributed by atoms with Gasteiger partial charge in [0, 0.05) is 24.9 Å². The number of nitrogens with zero attached hydrogens (tertiary/aromatic N) is 1. The molecule has 2 saturated heterocycles. The van der Waals surface area contributed by atoms with Crippen molar-refractivity contribution in [3.63, 3.8) is 0 Å². The van der Waals surface area contributed by atoms with E-state index in [1.165, 1.54) is 0 Å². The minimum absolute atomic E-state index is 0.00890. The van der Waals surface area contributed by atoms with Crippen molar-refractivity contribution in [2.24, 2.45) is 11.8 Å². The number of benzene rings is 1. The Morgan fingerprint density at radius 2 is 2.19 bits per heavy atom. The van der Waals surface area contributed by atoms with Crippen molar-refractivity contribution in [3.8, 4) is 11.5 Å². The summed E-state index contributed by atoms with van der Waals surface area (Å²) in [7, 11) is 0. The molecule has 1 spiro atoms. The maximum absolute atomic E-state index is 13.2. The van der Waals surface area contributed by atoms with E-state index in [1.54, 1.807) is 17.0 Å². The van der Waals surface area contributed by atoms with Crippen LogP contribution in [-0.4, -0.2) is 55.1 Å². The fourth-order valence-electron chi connectivity index (χ4n) is 4.48. The molecule has 5 rings (SSSR count). The number of nitrogens with one attached hydrogen (secondary N) is 1. The SMILES string of the molecule is O=C(NCCCO)[C@@H]1[C@H]2C=C[C@]3(CN(c4ccc5c(c4)OCO5)C(=O)[C@@H]13)O2. The number of hydrogen-bond donors (Lipinski definition) is 2. The molecule has 4 aliphatic heterocycles. The van der Waals surface area contributed by atoms with E-state index in [0.29, 0.717) is 36.7 Å². The minimum atomic E-state index is -0.767. The van der Waals surface area contributed by atoms with Crippen LogP contribution in [0, 0.1) is 11.8 Å². The highest BCUT2D eigenvalue weighted by Crippen LogP contribution is 2.53. The molecule has 4 heterocycles. The number of hydrogen-bond acceptors (Lipinski definition) is 6. The molecule has 4 aliphatic rings. The molecule has 27 heavy (non-hydrogen) atoms. The molecule has 0 aliphatic carbocycles. The molecular weight excluding hydrogens is 352 g/mol. The van der Waals surface area contributed by atoms with E-state index in [4.69, 9.17) is 19.3 Å². The lowest BCUT2D eigenvalue weighted by Crippen LogP contribution is -2.44. The second-order valence-electron chi connectivity index (χ2n) is 7.23. The van der Waals surface area contributed by atoms with Crippen molar-refractivity contribution >= 4 is 17.5 Å². The Bertz CT molecular complexity index is 839. The first-order chi connectivity index (χ1) is 13.1. The summed E-state index contributed by atoms with van der Waals surface area (Å²) in [6.07, 6.45) is 3.90. The maximum atomic E-state index is 13.2. The number of ether oxygens (including phenoxy) is 3. The lowest BCUT2D eigenvalue weighted by atomic mass is 9.77. The Labute approximate surface area is 155 Å². The first-order valence-electron chi connectivity index (χ1n) is 9.10. The molecule has 1 aromatic rings. The molecule has 4 atom stereocenters. The largest absolute Gasteiger partial charge is 0.454 e. The Hall–Kier alpha value is -2.58. The molecule has 0 saturated carbocycles. The van der Waals surface area contributed by atoms with Gasteiger partial charge in [-0.3, -0.25) is 9.59 Å². The van der Waals surface area contributed by atoms with E-state index < -0.39 is 17.4 Å². The summed E-state index contributed by atoms with van der Waals surface area (Å²) in [5.41, 5.74) is -0.0650. The van der Waals surface area contributed by atoms with Crippen LogP contribution < -0.4 is 19.7 Å². The fourth-order valence-corrected chi connectivity index (χ4v) is 4.48. The summed E-state index contributed by atoms with van der Waals surface area (Å²) in [5.74, 6) is -0.170. The van der Waals surface area contributed by atoms with Crippen LogP contribution in [-0.2, 0) is 14.3 Å². The number of rotatable bonds is 5. The van der Waals surface area contributed by atoms with Gasteiger partial charge in [0.05, 0.1) is 24.5 Å². The lowest BCUT2D eigenvalue weighted by molar-refractivity contribution is -0.131. The summed E-state index contributed by atoms with van der Waals surface area (Å²) in [6, 6.07) is 5.38. The number of carbonyl (C=O) groups is 2. The van der Waals surface area contributed by atoms with Gasteiger partial charge < -0.3 is 29.5 Å². The highest BCUT2D eigenvalue weighted by atomic mass is 16.7. The Morgan fingerprint density at radius 3 is 3.04 bits per heavy atom. The number of amides is 2. The van der Waals surface area contributed by atoms with Crippen molar-refractivity contribution in [3.05, 3.63) is 30.4 Å². The second kappa shape index (κ2) is 5.97. The standard InChI is InChI=1S/C19H20N2O6/c22-7-1-6-20-17(23)15-13-4-5-19(27-13)9-21(18(24)16(15)19)11-2-3-12-14(8-11)26-10-25-12/h2-5,8,13,15-16,22H,1,6-7,9-10H2,(H,20,23)/t13-,15-,16-,19-/m1/s1. The fraction of sp³-hybridized carbons (Fsp3) is 0.474. The monoisotopic (exact) mass is 372 g/mol. The molecule has 0 radical (unpaired) electrons. The van der Waals surface area contributed by atoms with Crippen LogP contribution in [0.3, 0.4) is 0 Å². The van der Waals surface area contributed by atoms with Gasteiger partial charge in [-0.05, 0) is 18.6 Å². The molecule has 8 nitrogen and oxygen atoms in total. The van der Waals surface area contributed by atoms with Gasteiger partial charge in [-0.15, -0.1) is 0 Å². The number of aliphatic hydroxyl groups excluding tert-OH is 1. The van der Waals surface area contributed by atoms with E-state index >= 15 is 0 Å². The van der Waals surface area contributed by atoms with Gasteiger partial charge in [-0.25, -0.2) is 0 Å². The average molecular weight is 372 g/mol. The topological polar surface area (TPSA) is 97.3 Å². The average Bonchev–Trinajstić information content (AvgIpc) is 3.41. The number of fused-ring (bicyclic) bond motifs is 2. The van der Waals surface area contributed by atoms with Crippen molar-refractivity contribution in [2.75, 3.05) is 31.4 Å². The molecule has 0 aromatic heterocycles. The van der Waals surface area contributed by atoms with E-state index in [0.717, 1.165) is 0 Å². The van der Waals surface area contributed by atoms with Crippen molar-refractivity contribution in [1.82, 2.24) is 5.32 Å². The molecule has 2 amide bonds. The third kappa shape index (κ3) is 2.36. The van der Waals surface area contributed by atoms with Gasteiger partial charge in [0.1, 0.15) is 5.60 Å². The summed E-state index contributed by atoms with van der Waals surface area (Å²) in [4.78, 5) is 27.6. The quantitative estimate of drug-likeness (QED) is 0.566. The molecule has 142 valence electrons. The zero-order valence-corrected chi connectivity index (χ0v) is 14.6. The van der Waals surface area contributed by atoms with Crippen LogP contribution in [0.1, 0.15) is 6.42 Å². The maximum Gasteiger partial charge on any atom is 0.234 e. The Morgan fingerprint density at radius 1 is 1.33 bits per heavy atom. The lowest BCUT2D eigenvalue weighted by Gasteiger charge is -2.23. The molecular formula is C19H20N2O6. The van der Waals surface area contributed by atoms with E-state index in [1.807, 2.05) is 18.2 Å². The van der Waals surface area contributed by atoms with Gasteiger partial charge in [0.15, 0.2) is 11.5 Å². The van der Waals surface area contributed by atoms with E-state index in [9.17, 15) is 9.59 Å². The predicted octanol–water partition coefficient (Wildman–Crippen LogP) is 0.200. The second-order valence-corrected chi connectivity index (χ2v) is 7.23. The first kappa shape index (κ1) is 16.6. The van der Waals surface area contributed by atoms with Gasteiger partial charge in [-0.2, -0.15) is 0 Å². The zero-order valence-electron chi connectivity index (χ0n) is 14.6. The normalized spacial score (nSPS) is 32.3. The van der Waals surface area contributed by atoms with E-state index in [2.05, 4.69) is 5.32 Å². The Kier molecular flexibility index (Phi) is 3.66. The van der Waals surface area contributed by atoms with Crippen molar-refractivity contribution < 1.29 is 28.9 Å². The molecule has 8 heteroatoms. The van der Waals surface area contributed by atoms with Crippen LogP contribution in [0.2, 0.25) is 0 Å². The van der Waals surface area contributed by atoms with Crippen LogP contribution in [0.4, 0.5) is 5.69 Å².